The Hall–Kier alpha value is -3.19. The molecule has 3 aliphatic rings. The maximum Gasteiger partial charge on any atom is 0.494 e. The molecule has 3 aliphatic heterocycles. The molecule has 0 amide bonds. The summed E-state index contributed by atoms with van der Waals surface area (Å²) < 4.78 is 37.1. The Morgan fingerprint density at radius 3 is 1.44 bits per heavy atom. The number of benzene rings is 4. The van der Waals surface area contributed by atoms with E-state index in [4.69, 9.17) is 39.8 Å². The maximum atomic E-state index is 8.69. The topological polar surface area (TPSA) is 83.5 Å². The van der Waals surface area contributed by atoms with Crippen molar-refractivity contribution in [2.75, 3.05) is 0 Å². The van der Waals surface area contributed by atoms with E-state index < -0.39 is 14.0 Å². The third kappa shape index (κ3) is 8.15. The highest BCUT2D eigenvalue weighted by Crippen LogP contribution is 2.43. The average molecular weight is 765 g/mol. The van der Waals surface area contributed by atoms with Crippen LogP contribution in [0.25, 0.3) is 26.4 Å². The van der Waals surface area contributed by atoms with Crippen LogP contribution in [0.4, 0.5) is 5.69 Å². The van der Waals surface area contributed by atoms with Crippen LogP contribution in [0.2, 0.25) is 0 Å². The number of fused-ring (bicyclic) bond motifs is 2. The molecular formula is C40H48B3BrN2O6. The Balaban J connectivity index is 0.000000155. The lowest BCUT2D eigenvalue weighted by molar-refractivity contribution is 0.00578. The van der Waals surface area contributed by atoms with E-state index in [-0.39, 0.29) is 40.7 Å². The van der Waals surface area contributed by atoms with Crippen molar-refractivity contribution in [3.05, 3.63) is 94.2 Å². The fourth-order valence-corrected chi connectivity index (χ4v) is 6.11. The van der Waals surface area contributed by atoms with Crippen LogP contribution < -0.4 is 5.46 Å². The van der Waals surface area contributed by atoms with Crippen LogP contribution in [0.15, 0.2) is 77.3 Å². The molecule has 3 heterocycles. The summed E-state index contributed by atoms with van der Waals surface area (Å²) >= 11 is 3.40. The maximum absolute atomic E-state index is 8.69. The largest absolute Gasteiger partial charge is 0.494 e. The van der Waals surface area contributed by atoms with Crippen LogP contribution in [-0.4, -0.2) is 54.7 Å². The summed E-state index contributed by atoms with van der Waals surface area (Å²) in [7, 11) is -1.30. The second kappa shape index (κ2) is 14.2. The SMILES string of the molecule is CC1(C)OB(B2OC(C)(C)C(C)(C)O2)OC1(C)C.N#Cc1ccc2cc(Br)ccc2c1.[C-]#[N+]c1ccc2cc(B3OC(C)(C)C(C)(C)O3)ccc2c1. The minimum absolute atomic E-state index is 0.333. The lowest BCUT2D eigenvalue weighted by Crippen LogP contribution is -2.41. The van der Waals surface area contributed by atoms with Gasteiger partial charge in [0.2, 0.25) is 0 Å². The second-order valence-corrected chi connectivity index (χ2v) is 17.5. The van der Waals surface area contributed by atoms with E-state index in [9.17, 15) is 0 Å². The fourth-order valence-electron chi connectivity index (χ4n) is 5.73. The van der Waals surface area contributed by atoms with Gasteiger partial charge in [-0.2, -0.15) is 5.26 Å². The molecule has 4 aromatic rings. The Labute approximate surface area is 318 Å². The van der Waals surface area contributed by atoms with E-state index in [1.165, 1.54) is 0 Å². The van der Waals surface area contributed by atoms with Crippen LogP contribution in [0.3, 0.4) is 0 Å². The zero-order chi connectivity index (χ0) is 38.5. The summed E-state index contributed by atoms with van der Waals surface area (Å²) in [5, 5.41) is 13.1. The number of hydrogen-bond acceptors (Lipinski definition) is 7. The Kier molecular flexibility index (Phi) is 10.9. The highest BCUT2D eigenvalue weighted by Gasteiger charge is 2.63. The number of halogens is 1. The van der Waals surface area contributed by atoms with Gasteiger partial charge in [0.1, 0.15) is 0 Å². The molecule has 0 aromatic heterocycles. The number of nitrogens with zero attached hydrogens (tertiary/aromatic N) is 2. The van der Waals surface area contributed by atoms with Crippen molar-refractivity contribution >= 4 is 69.8 Å². The lowest BCUT2D eigenvalue weighted by Gasteiger charge is -2.32. The summed E-state index contributed by atoms with van der Waals surface area (Å²) in [5.41, 5.74) is 0.268. The van der Waals surface area contributed by atoms with E-state index in [0.29, 0.717) is 11.3 Å². The molecule has 7 rings (SSSR count). The molecule has 8 nitrogen and oxygen atoms in total. The summed E-state index contributed by atoms with van der Waals surface area (Å²) in [4.78, 5) is 3.46. The monoisotopic (exact) mass is 764 g/mol. The Bertz CT molecular complexity index is 1970. The Morgan fingerprint density at radius 2 is 0.942 bits per heavy atom. The van der Waals surface area contributed by atoms with Gasteiger partial charge >= 0.3 is 21.1 Å². The molecule has 3 saturated heterocycles. The molecule has 52 heavy (non-hydrogen) atoms. The van der Waals surface area contributed by atoms with Crippen LogP contribution in [0.5, 0.6) is 0 Å². The van der Waals surface area contributed by atoms with Crippen LogP contribution in [0.1, 0.15) is 88.6 Å². The Morgan fingerprint density at radius 1 is 0.538 bits per heavy atom. The first-order valence-electron chi connectivity index (χ1n) is 17.6. The van der Waals surface area contributed by atoms with Gasteiger partial charge in [-0.05, 0) is 140 Å². The van der Waals surface area contributed by atoms with E-state index in [2.05, 4.69) is 60.6 Å². The van der Waals surface area contributed by atoms with Gasteiger partial charge in [-0.15, -0.1) is 0 Å². The van der Waals surface area contributed by atoms with Gasteiger partial charge in [-0.3, -0.25) is 0 Å². The normalized spacial score (nSPS) is 21.5. The fraction of sp³-hybridized carbons (Fsp3) is 0.450. The first-order chi connectivity index (χ1) is 24.0. The molecule has 0 bridgehead atoms. The van der Waals surface area contributed by atoms with Gasteiger partial charge in [0, 0.05) is 4.47 Å². The molecule has 0 unspecified atom stereocenters. The van der Waals surface area contributed by atoms with Crippen molar-refractivity contribution in [2.45, 2.75) is 117 Å². The van der Waals surface area contributed by atoms with Crippen molar-refractivity contribution in [3.63, 3.8) is 0 Å². The summed E-state index contributed by atoms with van der Waals surface area (Å²) in [6.07, 6.45) is 0. The standard InChI is InChI=1S/C17H18BNO2.C12H24B2O4.C11H6BrN/c1-16(2)17(3,4)21-18(20-16)14-8-6-13-11-15(19-5)9-7-12(13)10-14;1-9(2)10(3,4)16-13(15-9)14-17-11(5,6)12(7,8)18-14;12-11-4-3-9-5-8(7-13)1-2-10(9)6-11/h6-11H,1-4H3;1-8H3;1-6H. The van der Waals surface area contributed by atoms with Crippen molar-refractivity contribution in [1.82, 2.24) is 0 Å². The highest BCUT2D eigenvalue weighted by molar-refractivity contribution is 9.10. The molecular weight excluding hydrogens is 717 g/mol. The predicted octanol–water partition coefficient (Wildman–Crippen LogP) is 9.41. The van der Waals surface area contributed by atoms with Gasteiger partial charge in [-0.1, -0.05) is 58.4 Å². The molecule has 0 radical (unpaired) electrons. The molecule has 0 saturated carbocycles. The van der Waals surface area contributed by atoms with Crippen LogP contribution >= 0.6 is 15.9 Å². The van der Waals surface area contributed by atoms with E-state index in [0.717, 1.165) is 31.5 Å². The predicted molar refractivity (Wildman–Crippen MR) is 214 cm³/mol. The highest BCUT2D eigenvalue weighted by atomic mass is 79.9. The van der Waals surface area contributed by atoms with Gasteiger partial charge < -0.3 is 27.9 Å². The summed E-state index contributed by atoms with van der Waals surface area (Å²) in [5.74, 6) is 0. The van der Waals surface area contributed by atoms with Crippen molar-refractivity contribution in [3.8, 4) is 6.07 Å². The molecule has 0 atom stereocenters. The van der Waals surface area contributed by atoms with Gasteiger partial charge in [0.05, 0.1) is 51.8 Å². The zero-order valence-corrected chi connectivity index (χ0v) is 34.0. The molecule has 4 aromatic carbocycles. The molecule has 3 fully saturated rings. The van der Waals surface area contributed by atoms with Gasteiger partial charge in [0.25, 0.3) is 0 Å². The molecule has 0 spiro atoms. The smallest absolute Gasteiger partial charge is 0.405 e. The van der Waals surface area contributed by atoms with Gasteiger partial charge in [0.15, 0.2) is 5.69 Å². The number of hydrogen-bond donors (Lipinski definition) is 0. The van der Waals surface area contributed by atoms with Crippen LogP contribution in [-0.2, 0) is 27.9 Å². The second-order valence-electron chi connectivity index (χ2n) is 16.6. The average Bonchev–Trinajstić information content (AvgIpc) is 3.53. The molecule has 270 valence electrons. The lowest BCUT2D eigenvalue weighted by atomic mass is 9.49. The van der Waals surface area contributed by atoms with E-state index >= 15 is 0 Å². The quantitative estimate of drug-likeness (QED) is 0.149. The van der Waals surface area contributed by atoms with Crippen molar-refractivity contribution in [1.29, 1.82) is 5.26 Å². The third-order valence-electron chi connectivity index (χ3n) is 11.2. The number of rotatable bonds is 2. The molecule has 12 heteroatoms. The van der Waals surface area contributed by atoms with E-state index in [1.807, 2.05) is 122 Å². The summed E-state index contributed by atoms with van der Waals surface area (Å²) in [6, 6.07) is 25.6. The van der Waals surface area contributed by atoms with Gasteiger partial charge in [-0.25, -0.2) is 4.85 Å². The van der Waals surface area contributed by atoms with E-state index in [1.54, 1.807) is 0 Å². The molecule has 0 aliphatic carbocycles. The van der Waals surface area contributed by atoms with Crippen molar-refractivity contribution in [2.24, 2.45) is 0 Å². The number of nitriles is 1. The first-order valence-corrected chi connectivity index (χ1v) is 18.4. The first kappa shape index (κ1) is 40.0. The summed E-state index contributed by atoms with van der Waals surface area (Å²) in [6.45, 7) is 31.5. The van der Waals surface area contributed by atoms with Crippen LogP contribution in [0, 0.1) is 17.9 Å². The van der Waals surface area contributed by atoms with Crippen molar-refractivity contribution < 1.29 is 27.9 Å². The third-order valence-corrected chi connectivity index (χ3v) is 11.7. The minimum Gasteiger partial charge on any atom is -0.405 e. The zero-order valence-electron chi connectivity index (χ0n) is 32.4. The molecule has 0 N–H and O–H groups in total. The minimum atomic E-state index is -0.476.